The Hall–Kier alpha value is -2.32. The van der Waals surface area contributed by atoms with Gasteiger partial charge in [0, 0.05) is 11.1 Å². The average molecular weight is 261 g/mol. The third kappa shape index (κ3) is 4.12. The van der Waals surface area contributed by atoms with E-state index in [1.807, 2.05) is 0 Å². The van der Waals surface area contributed by atoms with Crippen LogP contribution in [0.3, 0.4) is 0 Å². The number of aliphatic hydroxyl groups excluding tert-OH is 1. The lowest BCUT2D eigenvalue weighted by Crippen LogP contribution is -2.44. The third-order valence-corrected chi connectivity index (χ3v) is 2.37. The second kappa shape index (κ2) is 7.19. The minimum absolute atomic E-state index is 0.183. The van der Waals surface area contributed by atoms with E-state index in [-0.39, 0.29) is 6.61 Å². The van der Waals surface area contributed by atoms with Crippen LogP contribution in [0.1, 0.15) is 22.8 Å². The number of esters is 1. The van der Waals surface area contributed by atoms with Gasteiger partial charge < -0.3 is 15.2 Å². The molecule has 0 bridgehead atoms. The second-order valence-corrected chi connectivity index (χ2v) is 3.68. The highest BCUT2D eigenvalue weighted by atomic mass is 16.5. The highest BCUT2D eigenvalue weighted by molar-refractivity contribution is 5.96. The summed E-state index contributed by atoms with van der Waals surface area (Å²) in [6.07, 6.45) is 5.21. The predicted molar refractivity (Wildman–Crippen MR) is 69.4 cm³/mol. The van der Waals surface area contributed by atoms with Gasteiger partial charge in [-0.1, -0.05) is 5.92 Å². The summed E-state index contributed by atoms with van der Waals surface area (Å²) in [5, 5.41) is 11.4. The van der Waals surface area contributed by atoms with Crippen LogP contribution >= 0.6 is 0 Å². The van der Waals surface area contributed by atoms with Crippen LogP contribution in [0, 0.1) is 12.3 Å². The van der Waals surface area contributed by atoms with Crippen molar-refractivity contribution in [2.45, 2.75) is 13.0 Å². The normalized spacial score (nSPS) is 11.2. The maximum Gasteiger partial charge on any atom is 0.331 e. The number of carbonyl (C=O) groups excluding carboxylic acids is 2. The molecule has 100 valence electrons. The van der Waals surface area contributed by atoms with E-state index in [0.717, 1.165) is 0 Å². The number of terminal acetylenes is 1. The summed E-state index contributed by atoms with van der Waals surface area (Å²) in [7, 11) is 0. The van der Waals surface area contributed by atoms with Gasteiger partial charge in [0.15, 0.2) is 6.04 Å². The number of ether oxygens (including phenoxy) is 1. The van der Waals surface area contributed by atoms with Crippen LogP contribution in [-0.4, -0.2) is 36.2 Å². The molecule has 0 heterocycles. The molecule has 1 amide bonds. The molecule has 19 heavy (non-hydrogen) atoms. The maximum absolute atomic E-state index is 11.8. The molecule has 0 fully saturated rings. The van der Waals surface area contributed by atoms with Crippen molar-refractivity contribution in [1.82, 2.24) is 5.32 Å². The minimum atomic E-state index is -1.07. The van der Waals surface area contributed by atoms with Crippen molar-refractivity contribution in [3.8, 4) is 12.3 Å². The number of hydrogen-bond donors (Lipinski definition) is 2. The molecule has 0 radical (unpaired) electrons. The SMILES string of the molecule is C#Cc1ccc(C(=O)N[C@@H](CO)C(=O)OCC)cc1. The van der Waals surface area contributed by atoms with E-state index in [0.29, 0.717) is 11.1 Å². The van der Waals surface area contributed by atoms with Gasteiger partial charge >= 0.3 is 5.97 Å². The summed E-state index contributed by atoms with van der Waals surface area (Å²) in [4.78, 5) is 23.3. The largest absolute Gasteiger partial charge is 0.464 e. The topological polar surface area (TPSA) is 75.6 Å². The smallest absolute Gasteiger partial charge is 0.331 e. The minimum Gasteiger partial charge on any atom is -0.464 e. The van der Waals surface area contributed by atoms with E-state index in [1.54, 1.807) is 31.2 Å². The molecule has 0 unspecified atom stereocenters. The first-order valence-electron chi connectivity index (χ1n) is 5.77. The number of carbonyl (C=O) groups is 2. The molecule has 5 heteroatoms. The van der Waals surface area contributed by atoms with E-state index in [9.17, 15) is 9.59 Å². The van der Waals surface area contributed by atoms with Gasteiger partial charge in [-0.3, -0.25) is 4.79 Å². The molecule has 0 aliphatic carbocycles. The first-order chi connectivity index (χ1) is 9.12. The van der Waals surface area contributed by atoms with Crippen molar-refractivity contribution < 1.29 is 19.4 Å². The van der Waals surface area contributed by atoms with Crippen molar-refractivity contribution in [3.05, 3.63) is 35.4 Å². The zero-order chi connectivity index (χ0) is 14.3. The van der Waals surface area contributed by atoms with Crippen molar-refractivity contribution in [2.75, 3.05) is 13.2 Å². The van der Waals surface area contributed by atoms with Gasteiger partial charge in [-0.2, -0.15) is 0 Å². The molecule has 0 aliphatic heterocycles. The van der Waals surface area contributed by atoms with Crippen LogP contribution in [0.4, 0.5) is 0 Å². The Morgan fingerprint density at radius 3 is 2.53 bits per heavy atom. The highest BCUT2D eigenvalue weighted by Crippen LogP contribution is 2.04. The molecule has 5 nitrogen and oxygen atoms in total. The molecule has 1 rings (SSSR count). The maximum atomic E-state index is 11.8. The molecule has 2 N–H and O–H groups in total. The number of rotatable bonds is 5. The van der Waals surface area contributed by atoms with Gasteiger partial charge in [-0.05, 0) is 31.2 Å². The highest BCUT2D eigenvalue weighted by Gasteiger charge is 2.21. The number of benzene rings is 1. The fourth-order valence-corrected chi connectivity index (χ4v) is 1.38. The van der Waals surface area contributed by atoms with Crippen LogP contribution in [-0.2, 0) is 9.53 Å². The molecule has 0 saturated carbocycles. The van der Waals surface area contributed by atoms with Crippen molar-refractivity contribution in [3.63, 3.8) is 0 Å². The molecule has 1 aromatic rings. The molecular formula is C14H15NO4. The lowest BCUT2D eigenvalue weighted by Gasteiger charge is -2.14. The van der Waals surface area contributed by atoms with Crippen molar-refractivity contribution >= 4 is 11.9 Å². The summed E-state index contributed by atoms with van der Waals surface area (Å²) < 4.78 is 4.73. The first kappa shape index (κ1) is 14.7. The number of aliphatic hydroxyl groups is 1. The Kier molecular flexibility index (Phi) is 5.58. The molecule has 1 atom stereocenters. The molecular weight excluding hydrogens is 246 g/mol. The Morgan fingerprint density at radius 1 is 1.42 bits per heavy atom. The van der Waals surface area contributed by atoms with Crippen LogP contribution in [0.25, 0.3) is 0 Å². The molecule has 0 aliphatic rings. The number of nitrogens with one attached hydrogen (secondary N) is 1. The van der Waals surface area contributed by atoms with Crippen molar-refractivity contribution in [1.29, 1.82) is 0 Å². The van der Waals surface area contributed by atoms with Crippen molar-refractivity contribution in [2.24, 2.45) is 0 Å². The molecule has 0 spiro atoms. The average Bonchev–Trinajstić information content (AvgIpc) is 2.44. The van der Waals surface area contributed by atoms with Gasteiger partial charge in [0.1, 0.15) is 0 Å². The zero-order valence-corrected chi connectivity index (χ0v) is 10.6. The van der Waals surface area contributed by atoms with Gasteiger partial charge in [0.05, 0.1) is 13.2 Å². The fraction of sp³-hybridized carbons (Fsp3) is 0.286. The third-order valence-electron chi connectivity index (χ3n) is 2.37. The summed E-state index contributed by atoms with van der Waals surface area (Å²) in [5.74, 6) is 1.29. The quantitative estimate of drug-likeness (QED) is 0.591. The van der Waals surface area contributed by atoms with E-state index in [2.05, 4.69) is 11.2 Å². The first-order valence-corrected chi connectivity index (χ1v) is 5.77. The zero-order valence-electron chi connectivity index (χ0n) is 10.6. The van der Waals surface area contributed by atoms with Crippen LogP contribution < -0.4 is 5.32 Å². The number of hydrogen-bond acceptors (Lipinski definition) is 4. The van der Waals surface area contributed by atoms with Gasteiger partial charge in [0.2, 0.25) is 0 Å². The lowest BCUT2D eigenvalue weighted by molar-refractivity contribution is -0.146. The van der Waals surface area contributed by atoms with E-state index >= 15 is 0 Å². The summed E-state index contributed by atoms with van der Waals surface area (Å²) in [6.45, 7) is 1.31. The Morgan fingerprint density at radius 2 is 2.05 bits per heavy atom. The van der Waals surface area contributed by atoms with E-state index in [1.165, 1.54) is 0 Å². The van der Waals surface area contributed by atoms with Crippen LogP contribution in [0.2, 0.25) is 0 Å². The Labute approximate surface area is 111 Å². The molecule has 1 aromatic carbocycles. The Bertz CT molecular complexity index is 487. The van der Waals surface area contributed by atoms with Gasteiger partial charge in [-0.25, -0.2) is 4.79 Å². The standard InChI is InChI=1S/C14H15NO4/c1-3-10-5-7-11(8-6-10)13(17)15-12(9-16)14(18)19-4-2/h1,5-8,12,16H,4,9H2,2H3,(H,15,17)/t12-/m0/s1. The molecule has 0 saturated heterocycles. The summed E-state index contributed by atoms with van der Waals surface area (Å²) in [6, 6.07) is 5.26. The van der Waals surface area contributed by atoms with Gasteiger partial charge in [-0.15, -0.1) is 6.42 Å². The lowest BCUT2D eigenvalue weighted by atomic mass is 10.1. The summed E-state index contributed by atoms with van der Waals surface area (Å²) >= 11 is 0. The second-order valence-electron chi connectivity index (χ2n) is 3.68. The molecule has 0 aromatic heterocycles. The van der Waals surface area contributed by atoms with Crippen LogP contribution in [0.5, 0.6) is 0 Å². The Balaban J connectivity index is 2.71. The van der Waals surface area contributed by atoms with Crippen LogP contribution in [0.15, 0.2) is 24.3 Å². The fourth-order valence-electron chi connectivity index (χ4n) is 1.38. The van der Waals surface area contributed by atoms with Gasteiger partial charge in [0.25, 0.3) is 5.91 Å². The number of amides is 1. The van der Waals surface area contributed by atoms with E-state index < -0.39 is 24.5 Å². The summed E-state index contributed by atoms with van der Waals surface area (Å²) in [5.41, 5.74) is 1.00. The van der Waals surface area contributed by atoms with E-state index in [4.69, 9.17) is 16.3 Å². The predicted octanol–water partition coefficient (Wildman–Crippen LogP) is 0.322. The monoisotopic (exact) mass is 261 g/mol.